The van der Waals surface area contributed by atoms with Gasteiger partial charge in [-0.1, -0.05) is 26.0 Å². The van der Waals surface area contributed by atoms with Crippen LogP contribution in [0.25, 0.3) is 0 Å². The van der Waals surface area contributed by atoms with Crippen molar-refractivity contribution in [2.75, 3.05) is 60.4 Å². The Labute approximate surface area is 184 Å². The highest BCUT2D eigenvalue weighted by Crippen LogP contribution is 2.40. The number of hydrogen-bond acceptors (Lipinski definition) is 5. The molecule has 3 amide bonds. The Morgan fingerprint density at radius 3 is 2.35 bits per heavy atom. The van der Waals surface area contributed by atoms with Crippen LogP contribution >= 0.6 is 0 Å². The number of carbonyl (C=O) groups is 3. The summed E-state index contributed by atoms with van der Waals surface area (Å²) in [6.45, 7) is 7.92. The number of hydrogen-bond donors (Lipinski definition) is 0. The molecule has 0 bridgehead atoms. The molecule has 1 saturated heterocycles. The second-order valence-electron chi connectivity index (χ2n) is 8.44. The van der Waals surface area contributed by atoms with Gasteiger partial charge in [0.2, 0.25) is 17.7 Å². The van der Waals surface area contributed by atoms with E-state index >= 15 is 0 Å². The van der Waals surface area contributed by atoms with Gasteiger partial charge in [0.05, 0.1) is 5.41 Å². The van der Waals surface area contributed by atoms with Crippen molar-refractivity contribution < 1.29 is 18.8 Å². The van der Waals surface area contributed by atoms with E-state index in [-0.39, 0.29) is 31.2 Å². The van der Waals surface area contributed by atoms with E-state index in [1.54, 1.807) is 18.0 Å². The predicted molar refractivity (Wildman–Crippen MR) is 118 cm³/mol. The van der Waals surface area contributed by atoms with Crippen LogP contribution in [-0.4, -0.2) is 97.7 Å². The summed E-state index contributed by atoms with van der Waals surface area (Å²) in [6, 6.07) is 5.71. The van der Waals surface area contributed by atoms with Crippen LogP contribution in [0.1, 0.15) is 32.3 Å². The molecule has 0 unspecified atom stereocenters. The van der Waals surface area contributed by atoms with E-state index in [4.69, 9.17) is 0 Å². The van der Waals surface area contributed by atoms with E-state index < -0.39 is 17.1 Å². The third-order valence-electron chi connectivity index (χ3n) is 6.08. The number of rotatable bonds is 11. The maximum absolute atomic E-state index is 14.0. The molecule has 1 fully saturated rings. The van der Waals surface area contributed by atoms with Crippen molar-refractivity contribution in [1.29, 1.82) is 0 Å². The molecule has 31 heavy (non-hydrogen) atoms. The van der Waals surface area contributed by atoms with Crippen molar-refractivity contribution in [3.63, 3.8) is 0 Å². The number of nitrogens with zero attached hydrogens (tertiary/aromatic N) is 4. The fourth-order valence-corrected chi connectivity index (χ4v) is 3.93. The molecule has 8 heteroatoms. The molecule has 1 heterocycles. The van der Waals surface area contributed by atoms with Gasteiger partial charge in [-0.2, -0.15) is 0 Å². The number of halogens is 1. The van der Waals surface area contributed by atoms with Crippen LogP contribution in [0.15, 0.2) is 24.3 Å². The van der Waals surface area contributed by atoms with Gasteiger partial charge in [-0.15, -0.1) is 0 Å². The first kappa shape index (κ1) is 24.9. The SMILES string of the molecule is CCN(CC)CCN(C)C(=O)C[C@]1(c2cccc(F)c2)CC(=O)N(CCN(C)C)C1=O. The van der Waals surface area contributed by atoms with Crippen molar-refractivity contribution in [2.45, 2.75) is 32.1 Å². The van der Waals surface area contributed by atoms with Gasteiger partial charge in [-0.25, -0.2) is 4.39 Å². The molecule has 7 nitrogen and oxygen atoms in total. The molecule has 1 aromatic rings. The van der Waals surface area contributed by atoms with Gasteiger partial charge in [0.15, 0.2) is 0 Å². The summed E-state index contributed by atoms with van der Waals surface area (Å²) in [6.07, 6.45) is -0.285. The monoisotopic (exact) mass is 434 g/mol. The van der Waals surface area contributed by atoms with Crippen LogP contribution in [0.2, 0.25) is 0 Å². The van der Waals surface area contributed by atoms with Gasteiger partial charge in [0.1, 0.15) is 5.82 Å². The Morgan fingerprint density at radius 2 is 1.77 bits per heavy atom. The zero-order valence-corrected chi connectivity index (χ0v) is 19.4. The standard InChI is InChI=1S/C23H35FN4O3/c1-6-27(7-2)13-12-26(5)20(29)16-23(18-9-8-10-19(24)15-18)17-21(30)28(22(23)31)14-11-25(3)4/h8-10,15H,6-7,11-14,16-17H2,1-5H3/t23-/m1/s1. The predicted octanol–water partition coefficient (Wildman–Crippen LogP) is 1.57. The van der Waals surface area contributed by atoms with E-state index in [9.17, 15) is 18.8 Å². The summed E-state index contributed by atoms with van der Waals surface area (Å²) in [7, 11) is 5.43. The second-order valence-corrected chi connectivity index (χ2v) is 8.44. The van der Waals surface area contributed by atoms with Crippen LogP contribution in [0, 0.1) is 5.82 Å². The minimum atomic E-state index is -1.37. The Morgan fingerprint density at radius 1 is 1.10 bits per heavy atom. The maximum Gasteiger partial charge on any atom is 0.240 e. The molecule has 0 spiro atoms. The molecule has 0 aliphatic carbocycles. The van der Waals surface area contributed by atoms with E-state index in [0.29, 0.717) is 18.7 Å². The lowest BCUT2D eigenvalue weighted by Crippen LogP contribution is -2.45. The van der Waals surface area contributed by atoms with Gasteiger partial charge in [-0.05, 0) is 44.9 Å². The van der Waals surface area contributed by atoms with Crippen LogP contribution in [0.4, 0.5) is 4.39 Å². The molecule has 1 aromatic carbocycles. The molecule has 0 aromatic heterocycles. The lowest BCUT2D eigenvalue weighted by atomic mass is 9.75. The number of carbonyl (C=O) groups excluding carboxylic acids is 3. The molecular formula is C23H35FN4O3. The molecule has 2 rings (SSSR count). The largest absolute Gasteiger partial charge is 0.344 e. The maximum atomic E-state index is 14.0. The zero-order valence-electron chi connectivity index (χ0n) is 19.4. The fraction of sp³-hybridized carbons (Fsp3) is 0.609. The number of benzene rings is 1. The van der Waals surface area contributed by atoms with E-state index in [1.165, 1.54) is 23.1 Å². The van der Waals surface area contributed by atoms with E-state index in [1.807, 2.05) is 19.0 Å². The normalized spacial score (nSPS) is 19.0. The van der Waals surface area contributed by atoms with Crippen LogP contribution in [-0.2, 0) is 19.8 Å². The summed E-state index contributed by atoms with van der Waals surface area (Å²) >= 11 is 0. The van der Waals surface area contributed by atoms with Crippen LogP contribution in [0.3, 0.4) is 0 Å². The summed E-state index contributed by atoms with van der Waals surface area (Å²) in [5.41, 5.74) is -0.991. The summed E-state index contributed by atoms with van der Waals surface area (Å²) in [5, 5.41) is 0. The Balaban J connectivity index is 2.29. The van der Waals surface area contributed by atoms with Crippen molar-refractivity contribution in [3.8, 4) is 0 Å². The molecule has 1 atom stereocenters. The first-order valence-corrected chi connectivity index (χ1v) is 10.9. The minimum Gasteiger partial charge on any atom is -0.344 e. The molecule has 1 aliphatic heterocycles. The van der Waals surface area contributed by atoms with Gasteiger partial charge in [0, 0.05) is 46.1 Å². The van der Waals surface area contributed by atoms with Crippen molar-refractivity contribution >= 4 is 17.7 Å². The molecule has 1 aliphatic rings. The van der Waals surface area contributed by atoms with Crippen LogP contribution < -0.4 is 0 Å². The van der Waals surface area contributed by atoms with Gasteiger partial charge in [-0.3, -0.25) is 19.3 Å². The van der Waals surface area contributed by atoms with Gasteiger partial charge >= 0.3 is 0 Å². The Bertz CT molecular complexity index is 797. The first-order chi connectivity index (χ1) is 14.6. The number of likely N-dealkylation sites (tertiary alicyclic amines) is 1. The fourth-order valence-electron chi connectivity index (χ4n) is 3.93. The Hall–Kier alpha value is -2.32. The van der Waals surface area contributed by atoms with E-state index in [2.05, 4.69) is 18.7 Å². The molecule has 0 N–H and O–H groups in total. The number of imide groups is 1. The summed E-state index contributed by atoms with van der Waals surface area (Å²) < 4.78 is 14.0. The summed E-state index contributed by atoms with van der Waals surface area (Å²) in [5.74, 6) is -1.47. The molecule has 0 saturated carbocycles. The second kappa shape index (κ2) is 10.8. The third-order valence-corrected chi connectivity index (χ3v) is 6.08. The van der Waals surface area contributed by atoms with Crippen molar-refractivity contribution in [3.05, 3.63) is 35.6 Å². The first-order valence-electron chi connectivity index (χ1n) is 10.9. The van der Waals surface area contributed by atoms with Gasteiger partial charge in [0.25, 0.3) is 0 Å². The molecular weight excluding hydrogens is 399 g/mol. The lowest BCUT2D eigenvalue weighted by Gasteiger charge is -2.30. The van der Waals surface area contributed by atoms with E-state index in [0.717, 1.165) is 19.6 Å². The van der Waals surface area contributed by atoms with Crippen LogP contribution in [0.5, 0.6) is 0 Å². The average molecular weight is 435 g/mol. The zero-order chi connectivity index (χ0) is 23.2. The Kier molecular flexibility index (Phi) is 8.70. The number of likely N-dealkylation sites (N-methyl/N-ethyl adjacent to an activating group) is 3. The quantitative estimate of drug-likeness (QED) is 0.495. The molecule has 172 valence electrons. The van der Waals surface area contributed by atoms with Gasteiger partial charge < -0.3 is 14.7 Å². The topological polar surface area (TPSA) is 64.2 Å². The third kappa shape index (κ3) is 5.89. The summed E-state index contributed by atoms with van der Waals surface area (Å²) in [4.78, 5) is 46.2. The molecule has 0 radical (unpaired) electrons. The minimum absolute atomic E-state index is 0.127. The lowest BCUT2D eigenvalue weighted by molar-refractivity contribution is -0.142. The van der Waals surface area contributed by atoms with Crippen molar-refractivity contribution in [1.82, 2.24) is 19.6 Å². The highest BCUT2D eigenvalue weighted by molar-refractivity contribution is 6.10. The highest BCUT2D eigenvalue weighted by Gasteiger charge is 2.53. The average Bonchev–Trinajstić information content (AvgIpc) is 2.97. The van der Waals surface area contributed by atoms with Crippen molar-refractivity contribution in [2.24, 2.45) is 0 Å². The smallest absolute Gasteiger partial charge is 0.240 e. The number of amides is 3. The highest BCUT2D eigenvalue weighted by atomic mass is 19.1.